The molecule has 2 aliphatic carbocycles. The maximum atomic E-state index is 2.77. The van der Waals surface area contributed by atoms with E-state index in [0.29, 0.717) is 0 Å². The van der Waals surface area contributed by atoms with Crippen molar-refractivity contribution in [2.75, 3.05) is 19.6 Å². The van der Waals surface area contributed by atoms with E-state index in [1.807, 2.05) is 0 Å². The molecule has 7 aromatic rings. The average Bonchev–Trinajstić information content (AvgIpc) is 3.82. The summed E-state index contributed by atoms with van der Waals surface area (Å²) in [6.07, 6.45) is 8.48. The van der Waals surface area contributed by atoms with Gasteiger partial charge >= 0.3 is 0 Å². The Balaban J connectivity index is 1.12. The lowest BCUT2D eigenvalue weighted by Crippen LogP contribution is -2.61. The van der Waals surface area contributed by atoms with Gasteiger partial charge in [0.1, 0.15) is 0 Å². The summed E-state index contributed by atoms with van der Waals surface area (Å²) in [6.45, 7) is 17.2. The molecule has 4 unspecified atom stereocenters. The van der Waals surface area contributed by atoms with Crippen LogP contribution in [0, 0.1) is 0 Å². The summed E-state index contributed by atoms with van der Waals surface area (Å²) in [5.74, 6) is 0. The van der Waals surface area contributed by atoms with Gasteiger partial charge in [-0.1, -0.05) is 145 Å². The first-order chi connectivity index (χ1) is 31.9. The molecular formula is C61H61BN4. The van der Waals surface area contributed by atoms with E-state index < -0.39 is 0 Å². The quantitative estimate of drug-likeness (QED) is 0.163. The van der Waals surface area contributed by atoms with E-state index in [2.05, 4.69) is 226 Å². The zero-order valence-electron chi connectivity index (χ0n) is 39.8. The summed E-state index contributed by atoms with van der Waals surface area (Å²) < 4.78 is 0. The highest BCUT2D eigenvalue weighted by molar-refractivity contribution is 7.00. The first kappa shape index (κ1) is 40.1. The fourth-order valence-corrected chi connectivity index (χ4v) is 14.5. The zero-order valence-corrected chi connectivity index (χ0v) is 39.8. The van der Waals surface area contributed by atoms with E-state index in [0.717, 1.165) is 6.42 Å². The van der Waals surface area contributed by atoms with Gasteiger partial charge in [0, 0.05) is 67.7 Å². The van der Waals surface area contributed by atoms with Crippen molar-refractivity contribution in [2.24, 2.45) is 0 Å². The Labute approximate surface area is 393 Å². The van der Waals surface area contributed by atoms with Crippen molar-refractivity contribution >= 4 is 80.0 Å². The third-order valence-corrected chi connectivity index (χ3v) is 18.2. The van der Waals surface area contributed by atoms with Crippen LogP contribution in [-0.4, -0.2) is 17.8 Å². The lowest BCUT2D eigenvalue weighted by molar-refractivity contribution is 0.195. The van der Waals surface area contributed by atoms with Crippen LogP contribution in [0.25, 0.3) is 0 Å². The van der Waals surface area contributed by atoms with Crippen LogP contribution in [0.2, 0.25) is 0 Å². The van der Waals surface area contributed by atoms with Crippen molar-refractivity contribution in [3.63, 3.8) is 0 Å². The highest BCUT2D eigenvalue weighted by Gasteiger charge is 2.60. The maximum Gasteiger partial charge on any atom is 0.252 e. The van der Waals surface area contributed by atoms with Crippen molar-refractivity contribution in [2.45, 2.75) is 121 Å². The molecule has 5 heteroatoms. The number of fused-ring (bicyclic) bond motifs is 10. The third kappa shape index (κ3) is 5.12. The molecule has 66 heavy (non-hydrogen) atoms. The molecule has 0 saturated heterocycles. The van der Waals surface area contributed by atoms with E-state index in [1.165, 1.54) is 128 Å². The van der Waals surface area contributed by atoms with E-state index in [4.69, 9.17) is 0 Å². The van der Waals surface area contributed by atoms with Gasteiger partial charge in [0.25, 0.3) is 6.71 Å². The normalized spacial score (nSPS) is 25.5. The van der Waals surface area contributed by atoms with Gasteiger partial charge in [0.2, 0.25) is 0 Å². The molecule has 4 atom stereocenters. The van der Waals surface area contributed by atoms with E-state index >= 15 is 0 Å². The van der Waals surface area contributed by atoms with Gasteiger partial charge in [-0.25, -0.2) is 0 Å². The summed E-state index contributed by atoms with van der Waals surface area (Å²) >= 11 is 0. The first-order valence-electron chi connectivity index (χ1n) is 24.8. The number of hydrogen-bond acceptors (Lipinski definition) is 4. The summed E-state index contributed by atoms with van der Waals surface area (Å²) in [5, 5.41) is 0. The van der Waals surface area contributed by atoms with E-state index in [9.17, 15) is 0 Å². The van der Waals surface area contributed by atoms with Gasteiger partial charge in [-0.05, 0) is 145 Å². The van der Waals surface area contributed by atoms with Crippen LogP contribution >= 0.6 is 0 Å². The molecule has 13 rings (SSSR count). The molecule has 2 saturated carbocycles. The predicted molar refractivity (Wildman–Crippen MR) is 280 cm³/mol. The average molecular weight is 861 g/mol. The summed E-state index contributed by atoms with van der Waals surface area (Å²) in [4.78, 5) is 10.8. The number of hydrogen-bond donors (Lipinski definition) is 0. The Morgan fingerprint density at radius 3 is 1.53 bits per heavy atom. The summed E-state index contributed by atoms with van der Waals surface area (Å²) in [7, 11) is 0. The van der Waals surface area contributed by atoms with Crippen LogP contribution in [0.1, 0.15) is 110 Å². The molecule has 0 spiro atoms. The zero-order chi connectivity index (χ0) is 45.0. The van der Waals surface area contributed by atoms with Gasteiger partial charge in [-0.3, -0.25) is 0 Å². The summed E-state index contributed by atoms with van der Waals surface area (Å²) in [5.41, 5.74) is 21.1. The Morgan fingerprint density at radius 1 is 0.409 bits per heavy atom. The molecular weight excluding hydrogens is 800 g/mol. The molecule has 2 fully saturated rings. The third-order valence-electron chi connectivity index (χ3n) is 18.2. The van der Waals surface area contributed by atoms with E-state index in [1.54, 1.807) is 0 Å². The molecule has 4 nitrogen and oxygen atoms in total. The van der Waals surface area contributed by atoms with Crippen molar-refractivity contribution < 1.29 is 0 Å². The Bertz CT molecular complexity index is 3120. The molecule has 0 N–H and O–H groups in total. The molecule has 328 valence electrons. The second-order valence-electron chi connectivity index (χ2n) is 22.4. The SMILES string of the molecule is CC(C)(C)c1ccc(N2c3cc(N4c5ccccc5C5(C)CCCCC45C)ccc3B3c4ccccc4N(c4ccccc4)c4cc(N5c6ccccc6C6(C)CCCC56C)cc2c43)cc1. The first-order valence-corrected chi connectivity index (χ1v) is 24.8. The minimum absolute atomic E-state index is 0.0351. The highest BCUT2D eigenvalue weighted by atomic mass is 15.3. The fourth-order valence-electron chi connectivity index (χ4n) is 14.5. The lowest BCUT2D eigenvalue weighted by Gasteiger charge is -2.51. The molecule has 0 radical (unpaired) electrons. The Hall–Kier alpha value is -6.20. The van der Waals surface area contributed by atoms with Crippen LogP contribution in [0.15, 0.2) is 158 Å². The molecule has 0 amide bonds. The highest BCUT2D eigenvalue weighted by Crippen LogP contribution is 2.64. The molecule has 6 aliphatic rings. The van der Waals surface area contributed by atoms with Crippen molar-refractivity contribution in [3.8, 4) is 0 Å². The largest absolute Gasteiger partial charge is 0.334 e. The van der Waals surface area contributed by atoms with Gasteiger partial charge in [0.05, 0.1) is 11.1 Å². The lowest BCUT2D eigenvalue weighted by atomic mass is 9.33. The van der Waals surface area contributed by atoms with Crippen molar-refractivity contribution in [1.29, 1.82) is 0 Å². The molecule has 4 heterocycles. The van der Waals surface area contributed by atoms with Crippen LogP contribution in [-0.2, 0) is 16.2 Å². The minimum Gasteiger partial charge on any atom is -0.334 e. The topological polar surface area (TPSA) is 13.0 Å². The molecule has 7 aromatic carbocycles. The summed E-state index contributed by atoms with van der Waals surface area (Å²) in [6, 6.07) is 61.2. The van der Waals surface area contributed by atoms with Crippen LogP contribution in [0.4, 0.5) is 56.9 Å². The predicted octanol–water partition coefficient (Wildman–Crippen LogP) is 14.2. The molecule has 4 aliphatic heterocycles. The Morgan fingerprint density at radius 2 is 0.879 bits per heavy atom. The monoisotopic (exact) mass is 860 g/mol. The van der Waals surface area contributed by atoms with Gasteiger partial charge in [-0.2, -0.15) is 0 Å². The number of anilines is 10. The van der Waals surface area contributed by atoms with Gasteiger partial charge in [-0.15, -0.1) is 0 Å². The molecule has 0 aromatic heterocycles. The smallest absolute Gasteiger partial charge is 0.252 e. The molecule has 0 bridgehead atoms. The minimum atomic E-state index is -0.0780. The second kappa shape index (κ2) is 13.7. The van der Waals surface area contributed by atoms with Crippen LogP contribution in [0.5, 0.6) is 0 Å². The second-order valence-corrected chi connectivity index (χ2v) is 22.4. The fraction of sp³-hybridized carbons (Fsp3) is 0.311. The number of benzene rings is 7. The number of nitrogens with zero attached hydrogens (tertiary/aromatic N) is 4. The number of para-hydroxylation sites is 4. The van der Waals surface area contributed by atoms with Crippen LogP contribution in [0.3, 0.4) is 0 Å². The van der Waals surface area contributed by atoms with Crippen molar-refractivity contribution in [3.05, 3.63) is 174 Å². The van der Waals surface area contributed by atoms with Gasteiger partial charge < -0.3 is 19.6 Å². The Kier molecular flexibility index (Phi) is 8.32. The van der Waals surface area contributed by atoms with Gasteiger partial charge in [0.15, 0.2) is 0 Å². The number of rotatable bonds is 4. The maximum absolute atomic E-state index is 2.77. The van der Waals surface area contributed by atoms with E-state index in [-0.39, 0.29) is 34.0 Å². The standard InChI is InChI=1S/C61H61BN4/c1-57(2,3)41-28-30-43(31-29-41)64-53-38-44(65-50-25-14-11-22-46(50)58(4)34-17-18-36-60(58,65)6)32-33-49(53)62-48-24-13-16-27-52(48)63(42-20-9-8-10-21-42)54-39-45(40-55(64)56(54)62)66-51-26-15-12-23-47(51)59(5)35-19-37-61(59,66)7/h8-16,20-33,38-40H,17-19,34-37H2,1-7H3. The van der Waals surface area contributed by atoms with Crippen LogP contribution < -0.4 is 36.0 Å². The van der Waals surface area contributed by atoms with Crippen molar-refractivity contribution in [1.82, 2.24) is 0 Å².